The first-order valence-corrected chi connectivity index (χ1v) is 8.31. The number of carbonyl (C=O) groups excluding carboxylic acids is 2. The van der Waals surface area contributed by atoms with Crippen molar-refractivity contribution in [2.24, 2.45) is 5.73 Å². The molecule has 0 saturated carbocycles. The SMILES string of the molecule is Cc1nn(-c2ccc(Cl)cc2)c2sc(C(=O)O[C@@H](C)C(N)=O)cc12. The number of rotatable bonds is 4. The minimum atomic E-state index is -0.975. The lowest BCUT2D eigenvalue weighted by Gasteiger charge is -2.07. The molecular formula is C16H14ClN3O3S. The van der Waals surface area contributed by atoms with E-state index in [4.69, 9.17) is 22.1 Å². The highest BCUT2D eigenvalue weighted by Crippen LogP contribution is 2.31. The van der Waals surface area contributed by atoms with Crippen LogP contribution in [-0.2, 0) is 9.53 Å². The maximum atomic E-state index is 12.2. The van der Waals surface area contributed by atoms with E-state index in [9.17, 15) is 9.59 Å². The van der Waals surface area contributed by atoms with Gasteiger partial charge in [-0.15, -0.1) is 11.3 Å². The molecule has 0 unspecified atom stereocenters. The third kappa shape index (κ3) is 3.00. The van der Waals surface area contributed by atoms with Crippen molar-refractivity contribution in [3.8, 4) is 5.69 Å². The molecule has 0 aliphatic rings. The second-order valence-electron chi connectivity index (χ2n) is 5.25. The number of primary amides is 1. The van der Waals surface area contributed by atoms with Crippen LogP contribution in [0.5, 0.6) is 0 Å². The van der Waals surface area contributed by atoms with Crippen molar-refractivity contribution >= 4 is 45.0 Å². The Hall–Kier alpha value is -2.38. The molecule has 1 amide bonds. The molecule has 0 aliphatic carbocycles. The number of aryl methyl sites for hydroxylation is 1. The Balaban J connectivity index is 1.99. The van der Waals surface area contributed by atoms with Gasteiger partial charge >= 0.3 is 5.97 Å². The second kappa shape index (κ2) is 6.26. The van der Waals surface area contributed by atoms with Crippen LogP contribution in [0, 0.1) is 6.92 Å². The average Bonchev–Trinajstić information content (AvgIpc) is 3.09. The van der Waals surface area contributed by atoms with E-state index >= 15 is 0 Å². The summed E-state index contributed by atoms with van der Waals surface area (Å²) in [6.07, 6.45) is -0.975. The molecule has 124 valence electrons. The van der Waals surface area contributed by atoms with E-state index in [1.165, 1.54) is 18.3 Å². The van der Waals surface area contributed by atoms with Crippen LogP contribution < -0.4 is 5.73 Å². The summed E-state index contributed by atoms with van der Waals surface area (Å²) < 4.78 is 6.80. The summed E-state index contributed by atoms with van der Waals surface area (Å²) in [6.45, 7) is 3.30. The molecule has 8 heteroatoms. The topological polar surface area (TPSA) is 87.2 Å². The van der Waals surface area contributed by atoms with E-state index < -0.39 is 18.0 Å². The lowest BCUT2D eigenvalue weighted by Crippen LogP contribution is -2.30. The number of amides is 1. The molecular weight excluding hydrogens is 350 g/mol. The summed E-state index contributed by atoms with van der Waals surface area (Å²) in [6, 6.07) is 8.96. The van der Waals surface area contributed by atoms with Gasteiger partial charge in [0.25, 0.3) is 5.91 Å². The van der Waals surface area contributed by atoms with E-state index in [1.807, 2.05) is 19.1 Å². The molecule has 0 spiro atoms. The number of nitrogens with two attached hydrogens (primary N) is 1. The van der Waals surface area contributed by atoms with Crippen LogP contribution in [0.1, 0.15) is 22.3 Å². The van der Waals surface area contributed by atoms with Gasteiger partial charge in [-0.3, -0.25) is 4.79 Å². The van der Waals surface area contributed by atoms with Crippen LogP contribution in [-0.4, -0.2) is 27.8 Å². The number of hydrogen-bond acceptors (Lipinski definition) is 5. The number of halogens is 1. The van der Waals surface area contributed by atoms with Crippen molar-refractivity contribution in [3.63, 3.8) is 0 Å². The van der Waals surface area contributed by atoms with Gasteiger partial charge in [-0.2, -0.15) is 5.10 Å². The van der Waals surface area contributed by atoms with Crippen LogP contribution >= 0.6 is 22.9 Å². The van der Waals surface area contributed by atoms with Gasteiger partial charge in [0.2, 0.25) is 0 Å². The zero-order chi connectivity index (χ0) is 17.4. The van der Waals surface area contributed by atoms with Gasteiger partial charge in [0.15, 0.2) is 6.10 Å². The maximum absolute atomic E-state index is 12.2. The molecule has 3 aromatic rings. The minimum Gasteiger partial charge on any atom is -0.448 e. The molecule has 0 fully saturated rings. The molecule has 0 aliphatic heterocycles. The van der Waals surface area contributed by atoms with Gasteiger partial charge in [-0.25, -0.2) is 9.48 Å². The fourth-order valence-corrected chi connectivity index (χ4v) is 3.37. The fraction of sp³-hybridized carbons (Fsp3) is 0.188. The largest absolute Gasteiger partial charge is 0.448 e. The van der Waals surface area contributed by atoms with Crippen LogP contribution in [0.4, 0.5) is 0 Å². The zero-order valence-corrected chi connectivity index (χ0v) is 14.5. The molecule has 0 radical (unpaired) electrons. The Labute approximate surface area is 146 Å². The maximum Gasteiger partial charge on any atom is 0.349 e. The van der Waals surface area contributed by atoms with E-state index in [1.54, 1.807) is 22.9 Å². The number of benzene rings is 1. The Morgan fingerprint density at radius 1 is 1.33 bits per heavy atom. The monoisotopic (exact) mass is 363 g/mol. The Bertz CT molecular complexity index is 930. The standard InChI is InChI=1S/C16H14ClN3O3S/c1-8-12-7-13(16(22)23-9(2)14(18)21)24-15(12)20(19-8)11-5-3-10(17)4-6-11/h3-7,9H,1-2H3,(H2,18,21)/t9-/m0/s1. The highest BCUT2D eigenvalue weighted by atomic mass is 35.5. The smallest absolute Gasteiger partial charge is 0.349 e. The first-order valence-electron chi connectivity index (χ1n) is 7.12. The van der Waals surface area contributed by atoms with E-state index in [-0.39, 0.29) is 0 Å². The third-order valence-electron chi connectivity index (χ3n) is 3.50. The van der Waals surface area contributed by atoms with Crippen LogP contribution in [0.15, 0.2) is 30.3 Å². The molecule has 24 heavy (non-hydrogen) atoms. The van der Waals surface area contributed by atoms with E-state index in [0.29, 0.717) is 9.90 Å². The Morgan fingerprint density at radius 3 is 2.62 bits per heavy atom. The Morgan fingerprint density at radius 2 is 2.00 bits per heavy atom. The number of fused-ring (bicyclic) bond motifs is 1. The first-order chi connectivity index (χ1) is 11.4. The summed E-state index contributed by atoms with van der Waals surface area (Å²) in [5.74, 6) is -1.27. The molecule has 6 nitrogen and oxygen atoms in total. The lowest BCUT2D eigenvalue weighted by atomic mass is 10.3. The molecule has 3 rings (SSSR count). The summed E-state index contributed by atoms with van der Waals surface area (Å²) >= 11 is 7.16. The van der Waals surface area contributed by atoms with Crippen LogP contribution in [0.25, 0.3) is 15.9 Å². The zero-order valence-electron chi connectivity index (χ0n) is 12.9. The quantitative estimate of drug-likeness (QED) is 0.721. The van der Waals surface area contributed by atoms with E-state index in [0.717, 1.165) is 21.6 Å². The lowest BCUT2D eigenvalue weighted by molar-refractivity contribution is -0.125. The number of esters is 1. The van der Waals surface area contributed by atoms with Crippen molar-refractivity contribution < 1.29 is 14.3 Å². The normalized spacial score (nSPS) is 12.3. The fourth-order valence-electron chi connectivity index (χ4n) is 2.18. The number of nitrogens with zero attached hydrogens (tertiary/aromatic N) is 2. The molecule has 1 atom stereocenters. The number of thiophene rings is 1. The average molecular weight is 364 g/mol. The van der Waals surface area contributed by atoms with Crippen LogP contribution in [0.2, 0.25) is 5.02 Å². The van der Waals surface area contributed by atoms with Gasteiger partial charge < -0.3 is 10.5 Å². The number of ether oxygens (including phenoxy) is 1. The summed E-state index contributed by atoms with van der Waals surface area (Å²) in [4.78, 5) is 24.4. The van der Waals surface area contributed by atoms with Crippen molar-refractivity contribution in [2.45, 2.75) is 20.0 Å². The van der Waals surface area contributed by atoms with Crippen LogP contribution in [0.3, 0.4) is 0 Å². The number of hydrogen-bond donors (Lipinski definition) is 1. The van der Waals surface area contributed by atoms with Crippen molar-refractivity contribution in [1.29, 1.82) is 0 Å². The van der Waals surface area contributed by atoms with Crippen molar-refractivity contribution in [1.82, 2.24) is 9.78 Å². The number of carbonyl (C=O) groups is 2. The van der Waals surface area contributed by atoms with Crippen molar-refractivity contribution in [2.75, 3.05) is 0 Å². The van der Waals surface area contributed by atoms with Crippen molar-refractivity contribution in [3.05, 3.63) is 45.9 Å². The predicted molar refractivity (Wildman–Crippen MR) is 92.8 cm³/mol. The van der Waals surface area contributed by atoms with Gasteiger partial charge in [0.1, 0.15) is 9.71 Å². The molecule has 2 N–H and O–H groups in total. The van der Waals surface area contributed by atoms with Gasteiger partial charge in [-0.05, 0) is 44.2 Å². The Kier molecular flexibility index (Phi) is 4.29. The predicted octanol–water partition coefficient (Wildman–Crippen LogP) is 3.08. The molecule has 1 aromatic carbocycles. The molecule has 0 saturated heterocycles. The summed E-state index contributed by atoms with van der Waals surface area (Å²) in [7, 11) is 0. The molecule has 0 bridgehead atoms. The second-order valence-corrected chi connectivity index (χ2v) is 6.72. The minimum absolute atomic E-state index is 0.390. The highest BCUT2D eigenvalue weighted by Gasteiger charge is 2.21. The highest BCUT2D eigenvalue weighted by molar-refractivity contribution is 7.20. The first kappa shape index (κ1) is 16.5. The third-order valence-corrected chi connectivity index (χ3v) is 4.84. The summed E-state index contributed by atoms with van der Waals surface area (Å²) in [5, 5.41) is 5.99. The molecule has 2 aromatic heterocycles. The summed E-state index contributed by atoms with van der Waals surface area (Å²) in [5.41, 5.74) is 6.74. The van der Waals surface area contributed by atoms with E-state index in [2.05, 4.69) is 5.10 Å². The van der Waals surface area contributed by atoms with Gasteiger partial charge in [0, 0.05) is 10.4 Å². The molecule has 2 heterocycles. The van der Waals surface area contributed by atoms with Gasteiger partial charge in [-0.1, -0.05) is 11.6 Å². The van der Waals surface area contributed by atoms with Gasteiger partial charge in [0.05, 0.1) is 11.4 Å². The number of aromatic nitrogens is 2.